The molecule has 7 nitrogen and oxygen atoms in total. The number of hydrogen-bond acceptors (Lipinski definition) is 5. The Labute approximate surface area is 207 Å². The SMILES string of the molecule is COc1ccc(C[C@@]2(CCC(=O)N3CCC[C@@H](OCc4ccccc4)C3)CCC(=O)N2)cc1OC. The minimum atomic E-state index is -0.425. The van der Waals surface area contributed by atoms with Crippen LogP contribution in [0, 0.1) is 0 Å². The molecule has 0 bridgehead atoms. The summed E-state index contributed by atoms with van der Waals surface area (Å²) in [6.07, 6.45) is 4.83. The van der Waals surface area contributed by atoms with Crippen molar-refractivity contribution in [3.63, 3.8) is 0 Å². The lowest BCUT2D eigenvalue weighted by atomic mass is 9.84. The highest BCUT2D eigenvalue weighted by atomic mass is 16.5. The van der Waals surface area contributed by atoms with Gasteiger partial charge in [0.1, 0.15) is 0 Å². The molecule has 2 aromatic rings. The summed E-state index contributed by atoms with van der Waals surface area (Å²) in [5.74, 6) is 1.51. The molecule has 0 aromatic heterocycles. The molecule has 2 aromatic carbocycles. The number of benzene rings is 2. The molecule has 4 rings (SSSR count). The summed E-state index contributed by atoms with van der Waals surface area (Å²) in [6, 6.07) is 16.0. The van der Waals surface area contributed by atoms with Gasteiger partial charge in [0, 0.05) is 31.5 Å². The number of amides is 2. The molecule has 188 valence electrons. The van der Waals surface area contributed by atoms with Crippen LogP contribution in [0.5, 0.6) is 11.5 Å². The Hall–Kier alpha value is -3.06. The molecule has 0 unspecified atom stereocenters. The van der Waals surface area contributed by atoms with E-state index < -0.39 is 5.54 Å². The van der Waals surface area contributed by atoms with E-state index >= 15 is 0 Å². The van der Waals surface area contributed by atoms with Crippen LogP contribution in [-0.4, -0.2) is 55.7 Å². The second-order valence-corrected chi connectivity index (χ2v) is 9.60. The first kappa shape index (κ1) is 25.0. The third-order valence-corrected chi connectivity index (χ3v) is 7.10. The second-order valence-electron chi connectivity index (χ2n) is 9.60. The van der Waals surface area contributed by atoms with Gasteiger partial charge in [-0.25, -0.2) is 0 Å². The number of ether oxygens (including phenoxy) is 3. The molecule has 1 N–H and O–H groups in total. The Balaban J connectivity index is 1.34. The Bertz CT molecular complexity index is 1010. The smallest absolute Gasteiger partial charge is 0.222 e. The van der Waals surface area contributed by atoms with E-state index in [1.54, 1.807) is 14.2 Å². The summed E-state index contributed by atoms with van der Waals surface area (Å²) in [6.45, 7) is 1.95. The number of hydrogen-bond donors (Lipinski definition) is 1. The van der Waals surface area contributed by atoms with Crippen LogP contribution in [0.15, 0.2) is 48.5 Å². The molecule has 7 heteroatoms. The van der Waals surface area contributed by atoms with E-state index in [0.29, 0.717) is 50.3 Å². The van der Waals surface area contributed by atoms with Gasteiger partial charge in [-0.05, 0) is 55.4 Å². The van der Waals surface area contributed by atoms with Gasteiger partial charge in [-0.2, -0.15) is 0 Å². The van der Waals surface area contributed by atoms with Gasteiger partial charge in [0.2, 0.25) is 11.8 Å². The average molecular weight is 481 g/mol. The van der Waals surface area contributed by atoms with Gasteiger partial charge in [-0.15, -0.1) is 0 Å². The fourth-order valence-corrected chi connectivity index (χ4v) is 5.16. The molecule has 2 aliphatic rings. The van der Waals surface area contributed by atoms with Crippen LogP contribution in [0.3, 0.4) is 0 Å². The van der Waals surface area contributed by atoms with Gasteiger partial charge < -0.3 is 24.4 Å². The summed E-state index contributed by atoms with van der Waals surface area (Å²) in [4.78, 5) is 27.3. The predicted molar refractivity (Wildman–Crippen MR) is 133 cm³/mol. The highest BCUT2D eigenvalue weighted by Crippen LogP contribution is 2.34. The van der Waals surface area contributed by atoms with Gasteiger partial charge in [0.25, 0.3) is 0 Å². The molecule has 2 saturated heterocycles. The number of rotatable bonds is 10. The maximum absolute atomic E-state index is 13.2. The molecule has 0 aliphatic carbocycles. The number of nitrogens with zero attached hydrogens (tertiary/aromatic N) is 1. The zero-order valence-electron chi connectivity index (χ0n) is 20.8. The molecule has 0 saturated carbocycles. The van der Waals surface area contributed by atoms with Crippen LogP contribution < -0.4 is 14.8 Å². The van der Waals surface area contributed by atoms with Crippen LogP contribution in [0.25, 0.3) is 0 Å². The molecule has 2 atom stereocenters. The lowest BCUT2D eigenvalue weighted by molar-refractivity contribution is -0.136. The Kier molecular flexibility index (Phi) is 8.29. The van der Waals surface area contributed by atoms with Crippen molar-refractivity contribution in [2.75, 3.05) is 27.3 Å². The van der Waals surface area contributed by atoms with E-state index in [2.05, 4.69) is 17.4 Å². The maximum Gasteiger partial charge on any atom is 0.222 e. The van der Waals surface area contributed by atoms with Crippen LogP contribution in [0.1, 0.15) is 49.7 Å². The molecule has 35 heavy (non-hydrogen) atoms. The summed E-state index contributed by atoms with van der Waals surface area (Å²) in [5, 5.41) is 3.18. The third-order valence-electron chi connectivity index (χ3n) is 7.10. The number of piperidine rings is 1. The molecule has 0 spiro atoms. The number of carbonyl (C=O) groups excluding carboxylic acids is 2. The number of carbonyl (C=O) groups is 2. The zero-order valence-corrected chi connectivity index (χ0v) is 20.8. The summed E-state index contributed by atoms with van der Waals surface area (Å²) in [7, 11) is 3.22. The standard InChI is InChI=1S/C28H36N2O5/c1-33-24-11-10-22(17-25(24)34-2)18-28(14-12-26(31)29-28)15-13-27(32)30-16-6-9-23(19-30)35-20-21-7-4-3-5-8-21/h3-5,7-8,10-11,17,23H,6,9,12-16,18-20H2,1-2H3,(H,29,31)/t23-,28+/m1/s1. The van der Waals surface area contributed by atoms with E-state index in [4.69, 9.17) is 14.2 Å². The molecule has 2 heterocycles. The van der Waals surface area contributed by atoms with Crippen molar-refractivity contribution in [2.24, 2.45) is 0 Å². The van der Waals surface area contributed by atoms with Crippen LogP contribution in [-0.2, 0) is 27.4 Å². The van der Waals surface area contributed by atoms with Gasteiger partial charge >= 0.3 is 0 Å². The molecular formula is C28H36N2O5. The minimum Gasteiger partial charge on any atom is -0.493 e. The largest absolute Gasteiger partial charge is 0.493 e. The molecule has 2 aliphatic heterocycles. The number of likely N-dealkylation sites (tertiary alicyclic amines) is 1. The molecule has 0 radical (unpaired) electrons. The maximum atomic E-state index is 13.2. The fraction of sp³-hybridized carbons (Fsp3) is 0.500. The lowest BCUT2D eigenvalue weighted by Gasteiger charge is -2.34. The third kappa shape index (κ3) is 6.54. The van der Waals surface area contributed by atoms with E-state index in [1.165, 1.54) is 0 Å². The molecule has 2 amide bonds. The van der Waals surface area contributed by atoms with Crippen molar-refractivity contribution in [3.8, 4) is 11.5 Å². The van der Waals surface area contributed by atoms with Crippen molar-refractivity contribution in [2.45, 2.75) is 63.2 Å². The van der Waals surface area contributed by atoms with E-state index in [9.17, 15) is 9.59 Å². The lowest BCUT2D eigenvalue weighted by Crippen LogP contribution is -2.46. The predicted octanol–water partition coefficient (Wildman–Crippen LogP) is 3.88. The Morgan fingerprint density at radius 1 is 1.09 bits per heavy atom. The van der Waals surface area contributed by atoms with Crippen LogP contribution in [0.4, 0.5) is 0 Å². The van der Waals surface area contributed by atoms with Gasteiger partial charge in [-0.1, -0.05) is 36.4 Å². The highest BCUT2D eigenvalue weighted by molar-refractivity contribution is 5.80. The van der Waals surface area contributed by atoms with Crippen molar-refractivity contribution in [3.05, 3.63) is 59.7 Å². The van der Waals surface area contributed by atoms with E-state index in [-0.39, 0.29) is 17.9 Å². The first-order chi connectivity index (χ1) is 17.0. The summed E-state index contributed by atoms with van der Waals surface area (Å²) in [5.41, 5.74) is 1.76. The quantitative estimate of drug-likeness (QED) is 0.558. The second kappa shape index (κ2) is 11.6. The van der Waals surface area contributed by atoms with Gasteiger partial charge in [0.15, 0.2) is 11.5 Å². The van der Waals surface area contributed by atoms with Crippen molar-refractivity contribution in [1.82, 2.24) is 10.2 Å². The topological polar surface area (TPSA) is 77.1 Å². The Morgan fingerprint density at radius 3 is 2.60 bits per heavy atom. The molecular weight excluding hydrogens is 444 g/mol. The summed E-state index contributed by atoms with van der Waals surface area (Å²) < 4.78 is 16.9. The first-order valence-electron chi connectivity index (χ1n) is 12.5. The van der Waals surface area contributed by atoms with Gasteiger partial charge in [-0.3, -0.25) is 9.59 Å². The number of nitrogens with one attached hydrogen (secondary N) is 1. The average Bonchev–Trinajstić information content (AvgIpc) is 3.26. The van der Waals surface area contributed by atoms with Crippen LogP contribution >= 0.6 is 0 Å². The van der Waals surface area contributed by atoms with Crippen molar-refractivity contribution >= 4 is 11.8 Å². The first-order valence-corrected chi connectivity index (χ1v) is 12.5. The van der Waals surface area contributed by atoms with Crippen molar-refractivity contribution < 1.29 is 23.8 Å². The summed E-state index contributed by atoms with van der Waals surface area (Å²) >= 11 is 0. The van der Waals surface area contributed by atoms with E-state index in [0.717, 1.165) is 36.9 Å². The zero-order chi connectivity index (χ0) is 24.7. The Morgan fingerprint density at radius 2 is 1.89 bits per heavy atom. The van der Waals surface area contributed by atoms with Crippen LogP contribution in [0.2, 0.25) is 0 Å². The monoisotopic (exact) mass is 480 g/mol. The van der Waals surface area contributed by atoms with Crippen molar-refractivity contribution in [1.29, 1.82) is 0 Å². The van der Waals surface area contributed by atoms with E-state index in [1.807, 2.05) is 41.3 Å². The number of methoxy groups -OCH3 is 2. The fourth-order valence-electron chi connectivity index (χ4n) is 5.16. The molecule has 2 fully saturated rings. The minimum absolute atomic E-state index is 0.0466. The normalized spacial score (nSPS) is 22.1. The van der Waals surface area contributed by atoms with Gasteiger partial charge in [0.05, 0.1) is 26.9 Å². The highest BCUT2D eigenvalue weighted by Gasteiger charge is 2.38.